The van der Waals surface area contributed by atoms with Crippen molar-refractivity contribution in [2.45, 2.75) is 71.1 Å². The predicted octanol–water partition coefficient (Wildman–Crippen LogP) is 5.86. The zero-order valence-electron chi connectivity index (χ0n) is 23.8. The van der Waals surface area contributed by atoms with E-state index in [0.717, 1.165) is 53.4 Å². The van der Waals surface area contributed by atoms with Crippen molar-refractivity contribution in [2.24, 2.45) is 5.92 Å². The van der Waals surface area contributed by atoms with Crippen LogP contribution >= 0.6 is 0 Å². The minimum Gasteiger partial charge on any atom is -0.496 e. The summed E-state index contributed by atoms with van der Waals surface area (Å²) < 4.78 is 9.72. The van der Waals surface area contributed by atoms with Gasteiger partial charge in [-0.05, 0) is 75.8 Å². The van der Waals surface area contributed by atoms with E-state index in [1.54, 1.807) is 12.0 Å². The van der Waals surface area contributed by atoms with Crippen LogP contribution in [0.15, 0.2) is 67.0 Å². The fourth-order valence-electron chi connectivity index (χ4n) is 6.51. The quantitative estimate of drug-likeness (QED) is 0.334. The van der Waals surface area contributed by atoms with Gasteiger partial charge in [-0.3, -0.25) is 9.59 Å². The van der Waals surface area contributed by atoms with Crippen LogP contribution in [0.4, 0.5) is 0 Å². The summed E-state index contributed by atoms with van der Waals surface area (Å²) in [6, 6.07) is 18.1. The number of benzene rings is 2. The lowest BCUT2D eigenvalue weighted by atomic mass is 9.86. The molecular weight excluding hydrogens is 500 g/mol. The number of carbonyl (C=O) groups excluding carboxylic acids is 2. The van der Waals surface area contributed by atoms with Crippen LogP contribution in [0, 0.1) is 12.8 Å². The Bertz CT molecular complexity index is 1560. The van der Waals surface area contributed by atoms with Crippen molar-refractivity contribution in [3.8, 4) is 11.4 Å². The average molecular weight is 539 g/mol. The lowest BCUT2D eigenvalue weighted by molar-refractivity contribution is -0.134. The number of nitrogens with one attached hydrogen (secondary N) is 1. The van der Waals surface area contributed by atoms with Gasteiger partial charge < -0.3 is 24.1 Å². The summed E-state index contributed by atoms with van der Waals surface area (Å²) in [5, 5.41) is 4.36. The molecule has 0 spiro atoms. The lowest BCUT2D eigenvalue weighted by Gasteiger charge is -2.45. The number of aromatic nitrogens is 2. The van der Waals surface area contributed by atoms with Gasteiger partial charge in [-0.25, -0.2) is 0 Å². The maximum atomic E-state index is 14.7. The number of methoxy groups -OCH3 is 1. The predicted molar refractivity (Wildman–Crippen MR) is 157 cm³/mol. The van der Waals surface area contributed by atoms with E-state index in [2.05, 4.69) is 41.9 Å². The van der Waals surface area contributed by atoms with Crippen LogP contribution in [0.2, 0.25) is 0 Å². The minimum absolute atomic E-state index is 0.0996. The Morgan fingerprint density at radius 3 is 2.50 bits per heavy atom. The molecule has 208 valence electrons. The van der Waals surface area contributed by atoms with Crippen LogP contribution in [0.3, 0.4) is 0 Å². The molecule has 3 heterocycles. The lowest BCUT2D eigenvalue weighted by Crippen LogP contribution is -2.64. The Kier molecular flexibility index (Phi) is 6.69. The van der Waals surface area contributed by atoms with Crippen LogP contribution in [0.25, 0.3) is 16.6 Å². The second-order valence-electron chi connectivity index (χ2n) is 11.8. The van der Waals surface area contributed by atoms with Gasteiger partial charge in [-0.15, -0.1) is 0 Å². The molecule has 40 heavy (non-hydrogen) atoms. The van der Waals surface area contributed by atoms with Crippen molar-refractivity contribution in [3.63, 3.8) is 0 Å². The standard InChI is InChI=1S/C33H38N4O3/c1-22-11-14-25(15-12-22)34-32(39)33(3)21-36-27-16-13-23(2)19-26(27)29(35-17-7-8-18-35)30(36)31(38)37(33)20-24-9-5-6-10-28(24)40-4/h5-10,13,16-19,22,25H,11-12,14-15,20-21H2,1-4H3,(H,34,39). The molecule has 7 nitrogen and oxygen atoms in total. The summed E-state index contributed by atoms with van der Waals surface area (Å²) in [7, 11) is 1.64. The number of nitrogens with zero attached hydrogens (tertiary/aromatic N) is 3. The molecule has 1 fully saturated rings. The molecule has 2 aliphatic rings. The van der Waals surface area contributed by atoms with E-state index in [0.29, 0.717) is 23.9 Å². The van der Waals surface area contributed by atoms with Crippen molar-refractivity contribution >= 4 is 22.7 Å². The first kappa shape index (κ1) is 26.2. The molecule has 0 bridgehead atoms. The first-order chi connectivity index (χ1) is 19.3. The average Bonchev–Trinajstić information content (AvgIpc) is 3.58. The highest BCUT2D eigenvalue weighted by Crippen LogP contribution is 2.39. The van der Waals surface area contributed by atoms with Gasteiger partial charge >= 0.3 is 0 Å². The molecular formula is C33H38N4O3. The number of aryl methyl sites for hydroxylation is 1. The Hall–Kier alpha value is -4.00. The first-order valence-corrected chi connectivity index (χ1v) is 14.3. The molecule has 2 aromatic carbocycles. The van der Waals surface area contributed by atoms with Gasteiger partial charge in [0, 0.05) is 29.4 Å². The van der Waals surface area contributed by atoms with E-state index >= 15 is 0 Å². The Morgan fingerprint density at radius 1 is 1.05 bits per heavy atom. The topological polar surface area (TPSA) is 68.5 Å². The summed E-state index contributed by atoms with van der Waals surface area (Å²) in [5.41, 5.74) is 3.30. The van der Waals surface area contributed by atoms with Crippen molar-refractivity contribution in [1.82, 2.24) is 19.4 Å². The smallest absolute Gasteiger partial charge is 0.273 e. The number of hydrogen-bond donors (Lipinski definition) is 1. The van der Waals surface area contributed by atoms with Crippen molar-refractivity contribution in [3.05, 3.63) is 83.8 Å². The Balaban J connectivity index is 1.50. The molecule has 7 heteroatoms. The number of amides is 2. The van der Waals surface area contributed by atoms with Gasteiger partial charge in [0.15, 0.2) is 0 Å². The molecule has 1 aliphatic heterocycles. The van der Waals surface area contributed by atoms with Crippen LogP contribution in [0.1, 0.15) is 61.1 Å². The maximum absolute atomic E-state index is 14.7. The summed E-state index contributed by atoms with van der Waals surface area (Å²) in [4.78, 5) is 30.7. The number of carbonyl (C=O) groups is 2. The van der Waals surface area contributed by atoms with Crippen LogP contribution in [-0.4, -0.2) is 44.5 Å². The number of ether oxygens (including phenoxy) is 1. The zero-order valence-corrected chi connectivity index (χ0v) is 23.8. The van der Waals surface area contributed by atoms with E-state index in [4.69, 9.17) is 4.74 Å². The molecule has 1 unspecified atom stereocenters. The van der Waals surface area contributed by atoms with Crippen LogP contribution < -0.4 is 10.1 Å². The molecule has 1 atom stereocenters. The molecule has 2 aromatic heterocycles. The van der Waals surface area contributed by atoms with Crippen molar-refractivity contribution in [2.75, 3.05) is 7.11 Å². The molecule has 0 radical (unpaired) electrons. The molecule has 0 saturated heterocycles. The van der Waals surface area contributed by atoms with Gasteiger partial charge in [-0.1, -0.05) is 36.8 Å². The highest BCUT2D eigenvalue weighted by atomic mass is 16.5. The third-order valence-corrected chi connectivity index (χ3v) is 8.93. The fourth-order valence-corrected chi connectivity index (χ4v) is 6.51. The van der Waals surface area contributed by atoms with Gasteiger partial charge in [-0.2, -0.15) is 0 Å². The monoisotopic (exact) mass is 538 g/mol. The Morgan fingerprint density at radius 2 is 1.77 bits per heavy atom. The third-order valence-electron chi connectivity index (χ3n) is 8.93. The maximum Gasteiger partial charge on any atom is 0.273 e. The molecule has 4 aromatic rings. The van der Waals surface area contributed by atoms with E-state index < -0.39 is 5.54 Å². The van der Waals surface area contributed by atoms with Gasteiger partial charge in [0.2, 0.25) is 5.91 Å². The van der Waals surface area contributed by atoms with E-state index in [-0.39, 0.29) is 24.4 Å². The van der Waals surface area contributed by atoms with Gasteiger partial charge in [0.25, 0.3) is 5.91 Å². The highest BCUT2D eigenvalue weighted by molar-refractivity contribution is 6.09. The molecule has 6 rings (SSSR count). The van der Waals surface area contributed by atoms with Crippen molar-refractivity contribution < 1.29 is 14.3 Å². The normalized spacial score (nSPS) is 22.8. The molecule has 1 saturated carbocycles. The minimum atomic E-state index is -1.10. The van der Waals surface area contributed by atoms with E-state index in [1.165, 1.54) is 0 Å². The van der Waals surface area contributed by atoms with Gasteiger partial charge in [0.1, 0.15) is 17.0 Å². The molecule has 1 aliphatic carbocycles. The summed E-state index contributed by atoms with van der Waals surface area (Å²) in [6.45, 7) is 6.88. The SMILES string of the molecule is COc1ccccc1CN1C(=O)c2c(-n3cccc3)c3cc(C)ccc3n2CC1(C)C(=O)NC1CCC(C)CC1. The number of rotatable bonds is 6. The summed E-state index contributed by atoms with van der Waals surface area (Å²) >= 11 is 0. The Labute approximate surface area is 235 Å². The third kappa shape index (κ3) is 4.37. The number of hydrogen-bond acceptors (Lipinski definition) is 3. The molecule has 2 amide bonds. The largest absolute Gasteiger partial charge is 0.496 e. The van der Waals surface area contributed by atoms with Crippen LogP contribution in [0.5, 0.6) is 5.75 Å². The second kappa shape index (κ2) is 10.2. The first-order valence-electron chi connectivity index (χ1n) is 14.3. The van der Waals surface area contributed by atoms with Gasteiger partial charge in [0.05, 0.1) is 31.4 Å². The summed E-state index contributed by atoms with van der Waals surface area (Å²) in [6.07, 6.45) is 8.10. The van der Waals surface area contributed by atoms with Crippen molar-refractivity contribution in [1.29, 1.82) is 0 Å². The highest BCUT2D eigenvalue weighted by Gasteiger charge is 2.49. The molecule has 1 N–H and O–H groups in total. The second-order valence-corrected chi connectivity index (χ2v) is 11.8. The fraction of sp³-hybridized carbons (Fsp3) is 0.394. The zero-order chi connectivity index (χ0) is 28.0. The van der Waals surface area contributed by atoms with E-state index in [9.17, 15) is 9.59 Å². The summed E-state index contributed by atoms with van der Waals surface area (Å²) in [5.74, 6) is 1.13. The number of fused-ring (bicyclic) bond motifs is 3. The van der Waals surface area contributed by atoms with E-state index in [1.807, 2.05) is 60.3 Å². The van der Waals surface area contributed by atoms with Crippen LogP contribution in [-0.2, 0) is 17.9 Å². The number of para-hydroxylation sites is 1.